The molecule has 3 heterocycles. The Labute approximate surface area is 128 Å². The number of rotatable bonds is 3. The number of nitrogens with zero attached hydrogens (tertiary/aromatic N) is 5. The highest BCUT2D eigenvalue weighted by Gasteiger charge is 2.28. The van der Waals surface area contributed by atoms with Gasteiger partial charge in [-0.05, 0) is 32.3 Å². The third-order valence-corrected chi connectivity index (χ3v) is 3.87. The third-order valence-electron chi connectivity index (χ3n) is 3.87. The zero-order chi connectivity index (χ0) is 15.5. The van der Waals surface area contributed by atoms with Crippen molar-refractivity contribution < 1.29 is 4.79 Å². The van der Waals surface area contributed by atoms with Gasteiger partial charge in [0.05, 0.1) is 17.3 Å². The Hall–Kier alpha value is -2.57. The lowest BCUT2D eigenvalue weighted by Gasteiger charge is -2.34. The second-order valence-corrected chi connectivity index (χ2v) is 5.35. The Morgan fingerprint density at radius 1 is 1.27 bits per heavy atom. The van der Waals surface area contributed by atoms with Crippen molar-refractivity contribution in [2.75, 3.05) is 11.4 Å². The molecule has 0 bridgehead atoms. The Morgan fingerprint density at radius 2 is 2.05 bits per heavy atom. The zero-order valence-electron chi connectivity index (χ0n) is 12.4. The topological polar surface area (TPSA) is 97.9 Å². The maximum Gasteiger partial charge on any atom is 0.252 e. The minimum absolute atomic E-state index is 0.0248. The zero-order valence-corrected chi connectivity index (χ0v) is 12.4. The van der Waals surface area contributed by atoms with E-state index in [2.05, 4.69) is 24.8 Å². The van der Waals surface area contributed by atoms with Crippen molar-refractivity contribution in [3.05, 3.63) is 41.7 Å². The van der Waals surface area contributed by atoms with Crippen LogP contribution in [0.25, 0.3) is 0 Å². The summed E-state index contributed by atoms with van der Waals surface area (Å²) in [5, 5.41) is 0. The maximum atomic E-state index is 11.3. The fourth-order valence-electron chi connectivity index (χ4n) is 2.77. The first kappa shape index (κ1) is 14.4. The van der Waals surface area contributed by atoms with Gasteiger partial charge in [0.15, 0.2) is 5.82 Å². The molecular weight excluding hydrogens is 280 g/mol. The summed E-state index contributed by atoms with van der Waals surface area (Å²) in [6.07, 6.45) is 8.11. The van der Waals surface area contributed by atoms with Crippen LogP contribution in [0.5, 0.6) is 0 Å². The fourth-order valence-corrected chi connectivity index (χ4v) is 2.77. The van der Waals surface area contributed by atoms with E-state index >= 15 is 0 Å². The van der Waals surface area contributed by atoms with Crippen molar-refractivity contribution in [3.63, 3.8) is 0 Å². The van der Waals surface area contributed by atoms with E-state index in [1.165, 1.54) is 6.20 Å². The molecule has 1 atom stereocenters. The molecule has 1 amide bonds. The summed E-state index contributed by atoms with van der Waals surface area (Å²) in [7, 11) is 0. The monoisotopic (exact) mass is 298 g/mol. The summed E-state index contributed by atoms with van der Waals surface area (Å²) in [6, 6.07) is 1.82. The van der Waals surface area contributed by atoms with Gasteiger partial charge < -0.3 is 10.6 Å². The Bertz CT molecular complexity index is 675. The van der Waals surface area contributed by atoms with Crippen LogP contribution in [0.1, 0.15) is 47.2 Å². The summed E-state index contributed by atoms with van der Waals surface area (Å²) in [5.41, 5.74) is 6.28. The van der Waals surface area contributed by atoms with Crippen molar-refractivity contribution in [3.8, 4) is 0 Å². The number of hydrogen-bond acceptors (Lipinski definition) is 6. The normalized spacial score (nSPS) is 18.2. The number of aryl methyl sites for hydroxylation is 1. The number of hydrogen-bond donors (Lipinski definition) is 1. The molecule has 0 aliphatic carbocycles. The second kappa shape index (κ2) is 6.05. The lowest BCUT2D eigenvalue weighted by molar-refractivity contribution is 0.0999. The standard InChI is InChI=1S/C15H18N6O/c1-10-11(13(16)22)9-19-14(20-10)12-5-2-3-8-21(12)15-17-6-4-7-18-15/h4,6-7,9,12H,2-3,5,8H2,1H3,(H2,16,22)/t12-/m0/s1. The average Bonchev–Trinajstić information content (AvgIpc) is 2.55. The van der Waals surface area contributed by atoms with Crippen molar-refractivity contribution in [1.29, 1.82) is 0 Å². The highest BCUT2D eigenvalue weighted by Crippen LogP contribution is 2.31. The Balaban J connectivity index is 1.94. The number of primary amides is 1. The first-order valence-electron chi connectivity index (χ1n) is 7.34. The molecule has 1 aliphatic rings. The first-order valence-corrected chi connectivity index (χ1v) is 7.34. The molecule has 0 aromatic carbocycles. The van der Waals surface area contributed by atoms with Gasteiger partial charge >= 0.3 is 0 Å². The van der Waals surface area contributed by atoms with Crippen LogP contribution in [0.15, 0.2) is 24.7 Å². The highest BCUT2D eigenvalue weighted by molar-refractivity contribution is 5.93. The quantitative estimate of drug-likeness (QED) is 0.920. The van der Waals surface area contributed by atoms with Crippen LogP contribution in [-0.2, 0) is 0 Å². The molecule has 7 heteroatoms. The van der Waals surface area contributed by atoms with Crippen molar-refractivity contribution in [2.45, 2.75) is 32.2 Å². The van der Waals surface area contributed by atoms with Crippen LogP contribution in [0, 0.1) is 6.92 Å². The molecule has 0 saturated carbocycles. The SMILES string of the molecule is Cc1nc([C@@H]2CCCCN2c2ncccn2)ncc1C(N)=O. The van der Waals surface area contributed by atoms with Crippen LogP contribution in [0.3, 0.4) is 0 Å². The van der Waals surface area contributed by atoms with Gasteiger partial charge in [0.25, 0.3) is 5.91 Å². The molecule has 22 heavy (non-hydrogen) atoms. The van der Waals surface area contributed by atoms with Crippen LogP contribution in [-0.4, -0.2) is 32.4 Å². The molecule has 1 fully saturated rings. The molecule has 2 aromatic heterocycles. The predicted octanol–water partition coefficient (Wildman–Crippen LogP) is 1.41. The van der Waals surface area contributed by atoms with Gasteiger partial charge in [-0.2, -0.15) is 0 Å². The third kappa shape index (κ3) is 2.74. The second-order valence-electron chi connectivity index (χ2n) is 5.35. The number of carbonyl (C=O) groups is 1. The predicted molar refractivity (Wildman–Crippen MR) is 81.3 cm³/mol. The van der Waals surface area contributed by atoms with Gasteiger partial charge in [0.2, 0.25) is 5.95 Å². The molecule has 2 N–H and O–H groups in total. The van der Waals surface area contributed by atoms with E-state index < -0.39 is 5.91 Å². The molecule has 1 aliphatic heterocycles. The van der Waals surface area contributed by atoms with Crippen molar-refractivity contribution in [1.82, 2.24) is 19.9 Å². The van der Waals surface area contributed by atoms with Gasteiger partial charge in [-0.1, -0.05) is 0 Å². The maximum absolute atomic E-state index is 11.3. The van der Waals surface area contributed by atoms with Gasteiger partial charge in [-0.15, -0.1) is 0 Å². The van der Waals surface area contributed by atoms with Crippen LogP contribution < -0.4 is 10.6 Å². The highest BCUT2D eigenvalue weighted by atomic mass is 16.1. The number of anilines is 1. The first-order chi connectivity index (χ1) is 10.7. The molecule has 7 nitrogen and oxygen atoms in total. The summed E-state index contributed by atoms with van der Waals surface area (Å²) in [4.78, 5) is 30.9. The number of piperidine rings is 1. The minimum Gasteiger partial charge on any atom is -0.365 e. The molecule has 0 radical (unpaired) electrons. The summed E-state index contributed by atoms with van der Waals surface area (Å²) >= 11 is 0. The van der Waals surface area contributed by atoms with E-state index in [4.69, 9.17) is 5.73 Å². The van der Waals surface area contributed by atoms with E-state index in [1.54, 1.807) is 25.4 Å². The van der Waals surface area contributed by atoms with Gasteiger partial charge in [-0.25, -0.2) is 19.9 Å². The Morgan fingerprint density at radius 3 is 2.73 bits per heavy atom. The van der Waals surface area contributed by atoms with E-state index in [-0.39, 0.29) is 6.04 Å². The molecule has 3 rings (SSSR count). The lowest BCUT2D eigenvalue weighted by atomic mass is 10.0. The summed E-state index contributed by atoms with van der Waals surface area (Å²) in [5.74, 6) is 0.873. The van der Waals surface area contributed by atoms with Crippen molar-refractivity contribution >= 4 is 11.9 Å². The molecular formula is C15H18N6O. The fraction of sp³-hybridized carbons (Fsp3) is 0.400. The molecule has 0 spiro atoms. The molecule has 1 saturated heterocycles. The minimum atomic E-state index is -0.504. The van der Waals surface area contributed by atoms with Gasteiger partial charge in [0.1, 0.15) is 0 Å². The summed E-state index contributed by atoms with van der Waals surface area (Å²) < 4.78 is 0. The Kier molecular flexibility index (Phi) is 3.95. The lowest BCUT2D eigenvalue weighted by Crippen LogP contribution is -2.36. The summed E-state index contributed by atoms with van der Waals surface area (Å²) in [6.45, 7) is 2.64. The van der Waals surface area contributed by atoms with Gasteiger partial charge in [0, 0.05) is 25.1 Å². The van der Waals surface area contributed by atoms with E-state index in [1.807, 2.05) is 0 Å². The van der Waals surface area contributed by atoms with Crippen LogP contribution in [0.4, 0.5) is 5.95 Å². The number of aromatic nitrogens is 4. The van der Waals surface area contributed by atoms with E-state index in [0.717, 1.165) is 25.8 Å². The largest absolute Gasteiger partial charge is 0.365 e. The number of nitrogens with two attached hydrogens (primary N) is 1. The molecule has 2 aromatic rings. The van der Waals surface area contributed by atoms with Crippen molar-refractivity contribution in [2.24, 2.45) is 5.73 Å². The molecule has 0 unspecified atom stereocenters. The molecule has 114 valence electrons. The number of amides is 1. The number of carbonyl (C=O) groups excluding carboxylic acids is 1. The van der Waals surface area contributed by atoms with E-state index in [9.17, 15) is 4.79 Å². The van der Waals surface area contributed by atoms with Crippen LogP contribution >= 0.6 is 0 Å². The van der Waals surface area contributed by atoms with Gasteiger partial charge in [-0.3, -0.25) is 4.79 Å². The van der Waals surface area contributed by atoms with Crippen LogP contribution in [0.2, 0.25) is 0 Å². The van der Waals surface area contributed by atoms with E-state index in [0.29, 0.717) is 23.0 Å². The smallest absolute Gasteiger partial charge is 0.252 e. The average molecular weight is 298 g/mol.